The third kappa shape index (κ3) is 4.57. The van der Waals surface area contributed by atoms with Crippen molar-refractivity contribution in [3.63, 3.8) is 0 Å². The van der Waals surface area contributed by atoms with Gasteiger partial charge in [0.05, 0.1) is 0 Å². The van der Waals surface area contributed by atoms with E-state index in [1.165, 1.54) is 11.5 Å². The summed E-state index contributed by atoms with van der Waals surface area (Å²) in [6.45, 7) is 7.38. The van der Waals surface area contributed by atoms with Gasteiger partial charge in [-0.2, -0.15) is 4.37 Å². The molecule has 0 fully saturated rings. The predicted octanol–water partition coefficient (Wildman–Crippen LogP) is 2.06. The van der Waals surface area contributed by atoms with Crippen molar-refractivity contribution >= 4 is 16.7 Å². The van der Waals surface area contributed by atoms with Crippen LogP contribution in [0.15, 0.2) is 0 Å². The summed E-state index contributed by atoms with van der Waals surface area (Å²) in [5, 5.41) is 12.9. The van der Waals surface area contributed by atoms with E-state index in [1.807, 2.05) is 6.92 Å². The number of aryl methyl sites for hydroxylation is 1. The summed E-state index contributed by atoms with van der Waals surface area (Å²) in [6.07, 6.45) is 1.86. The van der Waals surface area contributed by atoms with Crippen molar-refractivity contribution < 1.29 is 5.11 Å². The molecule has 0 radical (unpaired) electrons. The van der Waals surface area contributed by atoms with Crippen LogP contribution >= 0.6 is 11.5 Å². The zero-order valence-electron chi connectivity index (χ0n) is 9.58. The van der Waals surface area contributed by atoms with Gasteiger partial charge < -0.3 is 10.4 Å². The molecule has 0 saturated carbocycles. The van der Waals surface area contributed by atoms with E-state index in [9.17, 15) is 0 Å². The van der Waals surface area contributed by atoms with E-state index >= 15 is 0 Å². The molecule has 86 valence electrons. The Morgan fingerprint density at radius 1 is 1.47 bits per heavy atom. The van der Waals surface area contributed by atoms with Gasteiger partial charge in [-0.15, -0.1) is 0 Å². The average Bonchev–Trinajstić information content (AvgIpc) is 2.59. The minimum absolute atomic E-state index is 0.183. The molecule has 0 aromatic carbocycles. The summed E-state index contributed by atoms with van der Waals surface area (Å²) in [5.74, 6) is 0.815. The van der Waals surface area contributed by atoms with Crippen LogP contribution in [0.25, 0.3) is 0 Å². The molecule has 0 bridgehead atoms. The topological polar surface area (TPSA) is 58.0 Å². The number of nitrogens with zero attached hydrogens (tertiary/aromatic N) is 2. The standard InChI is InChI=1S/C10H19N3OS/c1-8-12-9(15-13-8)11-7-10(2,3)5-4-6-14/h14H,4-7H2,1-3H3,(H,11,12,13). The number of nitrogens with one attached hydrogen (secondary N) is 1. The Morgan fingerprint density at radius 2 is 2.20 bits per heavy atom. The third-order valence-corrected chi connectivity index (χ3v) is 3.02. The van der Waals surface area contributed by atoms with E-state index in [4.69, 9.17) is 5.11 Å². The van der Waals surface area contributed by atoms with Crippen LogP contribution in [-0.4, -0.2) is 27.6 Å². The summed E-state index contributed by atoms with van der Waals surface area (Å²) in [7, 11) is 0. The molecule has 2 N–H and O–H groups in total. The summed E-state index contributed by atoms with van der Waals surface area (Å²) in [6, 6.07) is 0. The van der Waals surface area contributed by atoms with Crippen molar-refractivity contribution in [3.05, 3.63) is 5.82 Å². The number of aliphatic hydroxyl groups excluding tert-OH is 1. The molecule has 1 aromatic rings. The first-order valence-corrected chi connectivity index (χ1v) is 5.96. The zero-order valence-corrected chi connectivity index (χ0v) is 10.4. The van der Waals surface area contributed by atoms with Gasteiger partial charge in [0.25, 0.3) is 0 Å². The van der Waals surface area contributed by atoms with Crippen LogP contribution in [-0.2, 0) is 0 Å². The van der Waals surface area contributed by atoms with Gasteiger partial charge in [0.2, 0.25) is 5.13 Å². The lowest BCUT2D eigenvalue weighted by atomic mass is 9.88. The van der Waals surface area contributed by atoms with Gasteiger partial charge in [0.1, 0.15) is 5.82 Å². The zero-order chi connectivity index (χ0) is 11.3. The van der Waals surface area contributed by atoms with Gasteiger partial charge in [-0.25, -0.2) is 4.98 Å². The molecule has 5 heteroatoms. The Balaban J connectivity index is 2.35. The first-order valence-electron chi connectivity index (χ1n) is 5.18. The second-order valence-electron chi connectivity index (χ2n) is 4.49. The minimum Gasteiger partial charge on any atom is -0.396 e. The van der Waals surface area contributed by atoms with E-state index in [0.717, 1.165) is 30.3 Å². The number of rotatable bonds is 6. The van der Waals surface area contributed by atoms with E-state index < -0.39 is 0 Å². The van der Waals surface area contributed by atoms with Gasteiger partial charge in [-0.3, -0.25) is 0 Å². The lowest BCUT2D eigenvalue weighted by molar-refractivity contribution is 0.248. The number of hydrogen-bond donors (Lipinski definition) is 2. The summed E-state index contributed by atoms with van der Waals surface area (Å²) in [4.78, 5) is 4.24. The molecule has 1 aromatic heterocycles. The van der Waals surface area contributed by atoms with E-state index in [0.29, 0.717) is 0 Å². The molecule has 0 aliphatic heterocycles. The van der Waals surface area contributed by atoms with Crippen LogP contribution in [0, 0.1) is 12.3 Å². The highest BCUT2D eigenvalue weighted by Gasteiger charge is 2.17. The normalized spacial score (nSPS) is 11.7. The highest BCUT2D eigenvalue weighted by Crippen LogP contribution is 2.23. The first kappa shape index (κ1) is 12.4. The lowest BCUT2D eigenvalue weighted by Gasteiger charge is -2.24. The number of aliphatic hydroxyl groups is 1. The molecule has 0 aliphatic rings. The van der Waals surface area contributed by atoms with Crippen LogP contribution in [0.5, 0.6) is 0 Å². The number of aromatic nitrogens is 2. The maximum absolute atomic E-state index is 8.78. The molecule has 0 unspecified atom stereocenters. The van der Waals surface area contributed by atoms with Crippen molar-refractivity contribution in [2.75, 3.05) is 18.5 Å². The average molecular weight is 229 g/mol. The second kappa shape index (κ2) is 5.42. The van der Waals surface area contributed by atoms with Crippen LogP contribution in [0.2, 0.25) is 0 Å². The molecule has 4 nitrogen and oxygen atoms in total. The molecular formula is C10H19N3OS. The summed E-state index contributed by atoms with van der Waals surface area (Å²) < 4.78 is 4.11. The molecule has 1 heterocycles. The van der Waals surface area contributed by atoms with Crippen LogP contribution in [0.4, 0.5) is 5.13 Å². The van der Waals surface area contributed by atoms with Crippen molar-refractivity contribution in [3.8, 4) is 0 Å². The van der Waals surface area contributed by atoms with Gasteiger partial charge >= 0.3 is 0 Å². The second-order valence-corrected chi connectivity index (χ2v) is 5.24. The van der Waals surface area contributed by atoms with Gasteiger partial charge in [-0.1, -0.05) is 13.8 Å². The first-order chi connectivity index (χ1) is 7.03. The van der Waals surface area contributed by atoms with Crippen LogP contribution < -0.4 is 5.32 Å². The van der Waals surface area contributed by atoms with Gasteiger partial charge in [0.15, 0.2) is 0 Å². The van der Waals surface area contributed by atoms with Crippen molar-refractivity contribution in [2.45, 2.75) is 33.6 Å². The predicted molar refractivity (Wildman–Crippen MR) is 63.2 cm³/mol. The fourth-order valence-electron chi connectivity index (χ4n) is 1.33. The van der Waals surface area contributed by atoms with E-state index in [-0.39, 0.29) is 12.0 Å². The molecule has 0 atom stereocenters. The fourth-order valence-corrected chi connectivity index (χ4v) is 1.90. The SMILES string of the molecule is Cc1nsc(NCC(C)(C)CCCO)n1. The van der Waals surface area contributed by atoms with E-state index in [1.54, 1.807) is 0 Å². The molecule has 0 amide bonds. The molecule has 0 spiro atoms. The van der Waals surface area contributed by atoms with Gasteiger partial charge in [-0.05, 0) is 25.2 Å². The Morgan fingerprint density at radius 3 is 2.73 bits per heavy atom. The van der Waals surface area contributed by atoms with Crippen LogP contribution in [0.1, 0.15) is 32.5 Å². The van der Waals surface area contributed by atoms with E-state index in [2.05, 4.69) is 28.5 Å². The Labute approximate surface area is 94.9 Å². The Hall–Kier alpha value is -0.680. The molecular weight excluding hydrogens is 210 g/mol. The smallest absolute Gasteiger partial charge is 0.202 e. The third-order valence-electron chi connectivity index (χ3n) is 2.26. The lowest BCUT2D eigenvalue weighted by Crippen LogP contribution is -2.23. The number of anilines is 1. The highest BCUT2D eigenvalue weighted by atomic mass is 32.1. The summed E-state index contributed by atoms with van der Waals surface area (Å²) in [5.41, 5.74) is 0.183. The highest BCUT2D eigenvalue weighted by molar-refractivity contribution is 7.09. The van der Waals surface area contributed by atoms with Crippen molar-refractivity contribution in [1.82, 2.24) is 9.36 Å². The van der Waals surface area contributed by atoms with Crippen molar-refractivity contribution in [2.24, 2.45) is 5.41 Å². The monoisotopic (exact) mass is 229 g/mol. The Bertz CT molecular complexity index is 299. The van der Waals surface area contributed by atoms with Crippen LogP contribution in [0.3, 0.4) is 0 Å². The molecule has 1 rings (SSSR count). The van der Waals surface area contributed by atoms with Gasteiger partial charge in [0, 0.05) is 24.7 Å². The molecule has 0 saturated heterocycles. The largest absolute Gasteiger partial charge is 0.396 e. The fraction of sp³-hybridized carbons (Fsp3) is 0.800. The quantitative estimate of drug-likeness (QED) is 0.784. The molecule has 15 heavy (non-hydrogen) atoms. The Kier molecular flexibility index (Phi) is 4.47. The number of hydrogen-bond acceptors (Lipinski definition) is 5. The maximum atomic E-state index is 8.78. The minimum atomic E-state index is 0.183. The maximum Gasteiger partial charge on any atom is 0.202 e. The van der Waals surface area contributed by atoms with Crippen molar-refractivity contribution in [1.29, 1.82) is 0 Å². The summed E-state index contributed by atoms with van der Waals surface area (Å²) >= 11 is 1.39. The molecule has 0 aliphatic carbocycles.